The number of rotatable bonds is 5. The average molecular weight is 251 g/mol. The number of hydrogen-bond acceptors (Lipinski definition) is 1. The van der Waals surface area contributed by atoms with E-state index < -0.39 is 0 Å². The molecule has 2 saturated carbocycles. The zero-order valence-corrected chi connectivity index (χ0v) is 12.4. The van der Waals surface area contributed by atoms with Crippen LogP contribution in [0.5, 0.6) is 0 Å². The minimum atomic E-state index is 0.984. The van der Waals surface area contributed by atoms with Crippen LogP contribution < -0.4 is 5.32 Å². The Labute approximate surface area is 114 Å². The van der Waals surface area contributed by atoms with E-state index in [1.54, 1.807) is 0 Å². The summed E-state index contributed by atoms with van der Waals surface area (Å²) in [6.45, 7) is 5.00. The molecule has 1 heteroatoms. The van der Waals surface area contributed by atoms with Gasteiger partial charge in [-0.1, -0.05) is 51.9 Å². The molecule has 0 aromatic rings. The molecule has 0 saturated heterocycles. The highest BCUT2D eigenvalue weighted by Crippen LogP contribution is 2.30. The predicted molar refractivity (Wildman–Crippen MR) is 79.8 cm³/mol. The fourth-order valence-electron chi connectivity index (χ4n) is 4.00. The van der Waals surface area contributed by atoms with Gasteiger partial charge in [-0.15, -0.1) is 0 Å². The molecule has 2 rings (SSSR count). The summed E-state index contributed by atoms with van der Waals surface area (Å²) in [7, 11) is 0. The van der Waals surface area contributed by atoms with E-state index >= 15 is 0 Å². The molecule has 18 heavy (non-hydrogen) atoms. The first-order valence-corrected chi connectivity index (χ1v) is 8.55. The minimum Gasteiger partial charge on any atom is -0.316 e. The highest BCUT2D eigenvalue weighted by Gasteiger charge is 2.18. The molecular formula is C17H33N. The number of hydrogen-bond donors (Lipinski definition) is 1. The summed E-state index contributed by atoms with van der Waals surface area (Å²) >= 11 is 0. The first-order chi connectivity index (χ1) is 8.84. The predicted octanol–water partition coefficient (Wildman–Crippen LogP) is 4.76. The van der Waals surface area contributed by atoms with Crippen molar-refractivity contribution in [3.05, 3.63) is 0 Å². The molecule has 2 aliphatic carbocycles. The summed E-state index contributed by atoms with van der Waals surface area (Å²) in [4.78, 5) is 0. The van der Waals surface area contributed by atoms with E-state index in [-0.39, 0.29) is 0 Å². The van der Waals surface area contributed by atoms with Gasteiger partial charge in [-0.3, -0.25) is 0 Å². The van der Waals surface area contributed by atoms with E-state index in [9.17, 15) is 0 Å². The molecule has 2 unspecified atom stereocenters. The van der Waals surface area contributed by atoms with Crippen LogP contribution >= 0.6 is 0 Å². The SMILES string of the molecule is CC1CCCC(CCNCC2CCCCCC2)C1. The van der Waals surface area contributed by atoms with Crippen LogP contribution in [0.3, 0.4) is 0 Å². The summed E-state index contributed by atoms with van der Waals surface area (Å²) in [6, 6.07) is 0. The summed E-state index contributed by atoms with van der Waals surface area (Å²) in [5, 5.41) is 3.75. The Bertz CT molecular complexity index is 202. The third kappa shape index (κ3) is 5.30. The standard InChI is InChI=1S/C17H33N/c1-15-7-6-10-16(13-15)11-12-18-14-17-8-4-2-3-5-9-17/h15-18H,2-14H2,1H3. The highest BCUT2D eigenvalue weighted by molar-refractivity contribution is 4.72. The van der Waals surface area contributed by atoms with Gasteiger partial charge in [-0.25, -0.2) is 0 Å². The van der Waals surface area contributed by atoms with Gasteiger partial charge in [-0.2, -0.15) is 0 Å². The van der Waals surface area contributed by atoms with E-state index in [2.05, 4.69) is 12.2 Å². The lowest BCUT2D eigenvalue weighted by molar-refractivity contribution is 0.265. The van der Waals surface area contributed by atoms with Gasteiger partial charge >= 0.3 is 0 Å². The molecule has 106 valence electrons. The molecule has 0 heterocycles. The van der Waals surface area contributed by atoms with Gasteiger partial charge in [0.15, 0.2) is 0 Å². The molecule has 2 aliphatic rings. The molecule has 0 radical (unpaired) electrons. The van der Waals surface area contributed by atoms with Crippen LogP contribution in [0.25, 0.3) is 0 Å². The van der Waals surface area contributed by atoms with Crippen molar-refractivity contribution in [3.63, 3.8) is 0 Å². The lowest BCUT2D eigenvalue weighted by Gasteiger charge is -2.27. The Hall–Kier alpha value is -0.0400. The summed E-state index contributed by atoms with van der Waals surface area (Å²) in [5.74, 6) is 3.00. The molecule has 1 N–H and O–H groups in total. The van der Waals surface area contributed by atoms with Gasteiger partial charge < -0.3 is 5.32 Å². The van der Waals surface area contributed by atoms with Crippen LogP contribution in [-0.4, -0.2) is 13.1 Å². The lowest BCUT2D eigenvalue weighted by atomic mass is 9.81. The fourth-order valence-corrected chi connectivity index (χ4v) is 4.00. The van der Waals surface area contributed by atoms with Crippen LogP contribution in [0, 0.1) is 17.8 Å². The zero-order valence-electron chi connectivity index (χ0n) is 12.4. The number of nitrogens with one attached hydrogen (secondary N) is 1. The molecule has 0 spiro atoms. The third-order valence-corrected chi connectivity index (χ3v) is 5.18. The molecule has 0 amide bonds. The molecule has 2 atom stereocenters. The van der Waals surface area contributed by atoms with Crippen molar-refractivity contribution in [2.24, 2.45) is 17.8 Å². The van der Waals surface area contributed by atoms with E-state index in [1.807, 2.05) is 0 Å². The quantitative estimate of drug-likeness (QED) is 0.548. The molecule has 1 nitrogen and oxygen atoms in total. The van der Waals surface area contributed by atoms with Gasteiger partial charge in [0.2, 0.25) is 0 Å². The first kappa shape index (κ1) is 14.4. The molecular weight excluding hydrogens is 218 g/mol. The van der Waals surface area contributed by atoms with Gasteiger partial charge in [-0.05, 0) is 56.5 Å². The van der Waals surface area contributed by atoms with Crippen LogP contribution in [0.2, 0.25) is 0 Å². The summed E-state index contributed by atoms with van der Waals surface area (Å²) in [5.41, 5.74) is 0. The van der Waals surface area contributed by atoms with Crippen molar-refractivity contribution in [3.8, 4) is 0 Å². The Morgan fingerprint density at radius 3 is 2.28 bits per heavy atom. The van der Waals surface area contributed by atoms with E-state index in [0.717, 1.165) is 17.8 Å². The monoisotopic (exact) mass is 251 g/mol. The van der Waals surface area contributed by atoms with Crippen molar-refractivity contribution < 1.29 is 0 Å². The fraction of sp³-hybridized carbons (Fsp3) is 1.00. The maximum absolute atomic E-state index is 3.75. The topological polar surface area (TPSA) is 12.0 Å². The average Bonchev–Trinajstić information content (AvgIpc) is 2.63. The third-order valence-electron chi connectivity index (χ3n) is 5.18. The van der Waals surface area contributed by atoms with E-state index in [0.29, 0.717) is 0 Å². The normalized spacial score (nSPS) is 31.2. The second-order valence-corrected chi connectivity index (χ2v) is 6.99. The maximum atomic E-state index is 3.75. The summed E-state index contributed by atoms with van der Waals surface area (Å²) in [6.07, 6.45) is 16.3. The highest BCUT2D eigenvalue weighted by atomic mass is 14.9. The first-order valence-electron chi connectivity index (χ1n) is 8.55. The Morgan fingerprint density at radius 1 is 0.833 bits per heavy atom. The van der Waals surface area contributed by atoms with Crippen molar-refractivity contribution in [2.75, 3.05) is 13.1 Å². The smallest absolute Gasteiger partial charge is 0.00205 e. The van der Waals surface area contributed by atoms with Crippen molar-refractivity contribution in [1.29, 1.82) is 0 Å². The van der Waals surface area contributed by atoms with Crippen molar-refractivity contribution in [1.82, 2.24) is 5.32 Å². The Morgan fingerprint density at radius 2 is 1.56 bits per heavy atom. The zero-order chi connectivity index (χ0) is 12.6. The van der Waals surface area contributed by atoms with Gasteiger partial charge in [0.25, 0.3) is 0 Å². The molecule has 2 fully saturated rings. The summed E-state index contributed by atoms with van der Waals surface area (Å²) < 4.78 is 0. The van der Waals surface area contributed by atoms with Crippen LogP contribution in [-0.2, 0) is 0 Å². The van der Waals surface area contributed by atoms with Crippen molar-refractivity contribution >= 4 is 0 Å². The van der Waals surface area contributed by atoms with Crippen LogP contribution in [0.15, 0.2) is 0 Å². The molecule has 0 aromatic heterocycles. The van der Waals surface area contributed by atoms with E-state index in [4.69, 9.17) is 0 Å². The van der Waals surface area contributed by atoms with Gasteiger partial charge in [0.05, 0.1) is 0 Å². The Balaban J connectivity index is 1.52. The lowest BCUT2D eigenvalue weighted by Crippen LogP contribution is -2.26. The second-order valence-electron chi connectivity index (χ2n) is 6.99. The molecule has 0 bridgehead atoms. The molecule has 0 aliphatic heterocycles. The van der Waals surface area contributed by atoms with Crippen molar-refractivity contribution in [2.45, 2.75) is 77.6 Å². The van der Waals surface area contributed by atoms with Crippen LogP contribution in [0.4, 0.5) is 0 Å². The Kier molecular flexibility index (Phi) is 6.54. The second kappa shape index (κ2) is 8.19. The minimum absolute atomic E-state index is 0.984. The molecule has 0 aromatic carbocycles. The largest absolute Gasteiger partial charge is 0.316 e. The maximum Gasteiger partial charge on any atom is -0.00205 e. The van der Waals surface area contributed by atoms with E-state index in [1.165, 1.54) is 83.7 Å². The van der Waals surface area contributed by atoms with Gasteiger partial charge in [0, 0.05) is 0 Å². The van der Waals surface area contributed by atoms with Crippen LogP contribution in [0.1, 0.15) is 77.6 Å². The van der Waals surface area contributed by atoms with Gasteiger partial charge in [0.1, 0.15) is 0 Å².